The highest BCUT2D eigenvalue weighted by Gasteiger charge is 2.55. The van der Waals surface area contributed by atoms with E-state index in [0.717, 1.165) is 56.8 Å². The van der Waals surface area contributed by atoms with Gasteiger partial charge in [0.15, 0.2) is 0 Å². The van der Waals surface area contributed by atoms with Gasteiger partial charge in [0.2, 0.25) is 11.8 Å². The van der Waals surface area contributed by atoms with Crippen LogP contribution in [0.5, 0.6) is 6.01 Å². The summed E-state index contributed by atoms with van der Waals surface area (Å²) in [5.41, 5.74) is 3.41. The van der Waals surface area contributed by atoms with Crippen LogP contribution in [0, 0.1) is 17.8 Å². The Morgan fingerprint density at radius 2 is 2.00 bits per heavy atom. The average molecular weight is 506 g/mol. The number of anilines is 1. The van der Waals surface area contributed by atoms with Gasteiger partial charge in [-0.3, -0.25) is 14.8 Å². The van der Waals surface area contributed by atoms with Gasteiger partial charge in [-0.05, 0) is 37.8 Å². The molecule has 7 rings (SSSR count). The van der Waals surface area contributed by atoms with E-state index in [1.54, 1.807) is 0 Å². The van der Waals surface area contributed by atoms with E-state index in [9.17, 15) is 4.79 Å². The smallest absolute Gasteiger partial charge is 0.322 e. The van der Waals surface area contributed by atoms with Crippen LogP contribution in [0.15, 0.2) is 23.3 Å². The van der Waals surface area contributed by atoms with Crippen LogP contribution in [-0.2, 0) is 16.0 Å². The minimum atomic E-state index is -0.288. The first-order valence-electron chi connectivity index (χ1n) is 13.4. The van der Waals surface area contributed by atoms with Crippen molar-refractivity contribution in [1.29, 1.82) is 0 Å². The number of carbonyl (C=O) groups excluding carboxylic acids is 1. The molecule has 6 heterocycles. The Morgan fingerprint density at radius 1 is 1.14 bits per heavy atom. The molecule has 0 radical (unpaired) electrons. The lowest BCUT2D eigenvalue weighted by atomic mass is 9.88. The van der Waals surface area contributed by atoms with E-state index in [2.05, 4.69) is 36.2 Å². The Hall–Kier alpha value is -3.18. The van der Waals surface area contributed by atoms with Crippen LogP contribution in [-0.4, -0.2) is 83.2 Å². The summed E-state index contributed by atoms with van der Waals surface area (Å²) in [6.45, 7) is 4.71. The fourth-order valence-electron chi connectivity index (χ4n) is 6.01. The highest BCUT2D eigenvalue weighted by atomic mass is 16.5. The Labute approximate surface area is 215 Å². The molecule has 11 heteroatoms. The van der Waals surface area contributed by atoms with E-state index >= 15 is 0 Å². The number of fused-ring (bicyclic) bond motifs is 2. The Kier molecular flexibility index (Phi) is 5.96. The fourth-order valence-corrected chi connectivity index (χ4v) is 6.01. The summed E-state index contributed by atoms with van der Waals surface area (Å²) >= 11 is 0. The van der Waals surface area contributed by atoms with Gasteiger partial charge >= 0.3 is 6.01 Å². The second-order valence-corrected chi connectivity index (χ2v) is 10.5. The average Bonchev–Trinajstić information content (AvgIpc) is 3.47. The van der Waals surface area contributed by atoms with Crippen LogP contribution in [0.1, 0.15) is 47.6 Å². The number of aliphatic imine (C=N–C) groups is 1. The molecule has 194 valence electrons. The van der Waals surface area contributed by atoms with Gasteiger partial charge in [0, 0.05) is 61.0 Å². The highest BCUT2D eigenvalue weighted by Crippen LogP contribution is 2.44. The van der Waals surface area contributed by atoms with Crippen LogP contribution < -0.4 is 15.0 Å². The summed E-state index contributed by atoms with van der Waals surface area (Å²) < 4.78 is 17.0. The minimum absolute atomic E-state index is 0.0311. The molecule has 0 spiro atoms. The number of hydrogen-bond acceptors (Lipinski definition) is 10. The lowest BCUT2D eigenvalue weighted by Crippen LogP contribution is -2.38. The third-order valence-electron chi connectivity index (χ3n) is 8.21. The summed E-state index contributed by atoms with van der Waals surface area (Å²) in [5.74, 6) is 1.47. The van der Waals surface area contributed by atoms with Gasteiger partial charge in [-0.15, -0.1) is 0 Å². The predicted octanol–water partition coefficient (Wildman–Crippen LogP) is 1.42. The molecule has 11 nitrogen and oxygen atoms in total. The number of piperidine rings is 1. The van der Waals surface area contributed by atoms with Gasteiger partial charge in [0.05, 0.1) is 31.6 Å². The molecule has 0 aromatic carbocycles. The minimum Gasteiger partial charge on any atom is -0.461 e. The van der Waals surface area contributed by atoms with Crippen molar-refractivity contribution >= 4 is 17.6 Å². The van der Waals surface area contributed by atoms with Crippen LogP contribution in [0.4, 0.5) is 5.95 Å². The molecule has 4 fully saturated rings. The van der Waals surface area contributed by atoms with Gasteiger partial charge in [-0.2, -0.15) is 15.0 Å². The van der Waals surface area contributed by atoms with Gasteiger partial charge in [0.1, 0.15) is 6.61 Å². The number of aromatic nitrogens is 4. The van der Waals surface area contributed by atoms with Gasteiger partial charge in [0.25, 0.3) is 5.91 Å². The summed E-state index contributed by atoms with van der Waals surface area (Å²) in [6.07, 6.45) is 5.70. The molecule has 5 aliphatic rings. The lowest BCUT2D eigenvalue weighted by Gasteiger charge is -2.32. The SMILES string of the molecule is O=C(N[C@H]1[C@@H]2COC[C@@H]21)c1nc(OC[C@H]2CCCO2)nc(N2CCC(C3=NCc4ncccc43)CC2)n1. The van der Waals surface area contributed by atoms with E-state index in [1.807, 2.05) is 12.3 Å². The molecule has 1 amide bonds. The van der Waals surface area contributed by atoms with Crippen molar-refractivity contribution in [2.24, 2.45) is 22.7 Å². The molecule has 0 unspecified atom stereocenters. The van der Waals surface area contributed by atoms with Crippen molar-refractivity contribution in [3.63, 3.8) is 0 Å². The topological polar surface area (TPSA) is 124 Å². The predicted molar refractivity (Wildman–Crippen MR) is 133 cm³/mol. The number of nitrogens with zero attached hydrogens (tertiary/aromatic N) is 6. The lowest BCUT2D eigenvalue weighted by molar-refractivity contribution is 0.0642. The molecule has 4 atom stereocenters. The summed E-state index contributed by atoms with van der Waals surface area (Å²) in [5, 5.41) is 3.09. The quantitative estimate of drug-likeness (QED) is 0.595. The largest absolute Gasteiger partial charge is 0.461 e. The monoisotopic (exact) mass is 505 g/mol. The van der Waals surface area contributed by atoms with Gasteiger partial charge < -0.3 is 24.4 Å². The number of nitrogens with one attached hydrogen (secondary N) is 1. The highest BCUT2D eigenvalue weighted by molar-refractivity contribution is 6.04. The van der Waals surface area contributed by atoms with E-state index in [0.29, 0.717) is 50.1 Å². The number of pyridine rings is 1. The number of amides is 1. The number of ether oxygens (including phenoxy) is 3. The third-order valence-corrected chi connectivity index (χ3v) is 8.21. The molecule has 4 aliphatic heterocycles. The molecule has 0 bridgehead atoms. The molecule has 1 N–H and O–H groups in total. The van der Waals surface area contributed by atoms with Crippen molar-refractivity contribution in [3.05, 3.63) is 35.4 Å². The van der Waals surface area contributed by atoms with Gasteiger partial charge in [-0.1, -0.05) is 0 Å². The third kappa shape index (κ3) is 4.54. The van der Waals surface area contributed by atoms with Crippen LogP contribution in [0.25, 0.3) is 0 Å². The maximum atomic E-state index is 13.1. The van der Waals surface area contributed by atoms with E-state index in [-0.39, 0.29) is 29.9 Å². The van der Waals surface area contributed by atoms with E-state index in [4.69, 9.17) is 19.2 Å². The maximum absolute atomic E-state index is 13.1. The maximum Gasteiger partial charge on any atom is 0.322 e. The van der Waals surface area contributed by atoms with Gasteiger partial charge in [-0.25, -0.2) is 0 Å². The summed E-state index contributed by atoms with van der Waals surface area (Å²) in [7, 11) is 0. The number of carbonyl (C=O) groups is 1. The van der Waals surface area contributed by atoms with E-state index in [1.165, 1.54) is 5.56 Å². The molecule has 1 aliphatic carbocycles. The second-order valence-electron chi connectivity index (χ2n) is 10.5. The van der Waals surface area contributed by atoms with E-state index < -0.39 is 0 Å². The van der Waals surface area contributed by atoms with Crippen molar-refractivity contribution in [3.8, 4) is 6.01 Å². The zero-order chi connectivity index (χ0) is 24.8. The van der Waals surface area contributed by atoms with Crippen molar-refractivity contribution in [2.45, 2.75) is 44.4 Å². The molecular formula is C26H31N7O4. The first-order chi connectivity index (χ1) is 18.2. The van der Waals surface area contributed by atoms with Crippen molar-refractivity contribution in [1.82, 2.24) is 25.3 Å². The Morgan fingerprint density at radius 3 is 2.81 bits per heavy atom. The standard InChI is InChI=1S/C26H31N7O4/c34-24(29-22-18-13-35-14-19(18)22)23-30-25(32-26(31-23)37-12-16-3-2-10-36-16)33-8-5-15(6-9-33)21-17-4-1-7-27-20(17)11-28-21/h1,4,7,15-16,18-19,22H,2-3,5-6,8-14H2,(H,29,34)/t16-,18-,19+,22+/m1/s1. The van der Waals surface area contributed by atoms with Crippen molar-refractivity contribution < 1.29 is 19.0 Å². The molecule has 37 heavy (non-hydrogen) atoms. The fraction of sp³-hybridized carbons (Fsp3) is 0.615. The molecule has 3 saturated heterocycles. The molecular weight excluding hydrogens is 474 g/mol. The molecule has 1 saturated carbocycles. The first kappa shape index (κ1) is 23.0. The Balaban J connectivity index is 1.06. The summed E-state index contributed by atoms with van der Waals surface area (Å²) in [6, 6.07) is 4.41. The number of rotatable bonds is 7. The molecule has 2 aromatic rings. The van der Waals surface area contributed by atoms with Crippen LogP contribution in [0.3, 0.4) is 0 Å². The Bertz CT molecular complexity index is 1200. The normalized spacial score (nSPS) is 28.5. The molecule has 2 aromatic heterocycles. The first-order valence-corrected chi connectivity index (χ1v) is 13.4. The second kappa shape index (κ2) is 9.60. The number of hydrogen-bond donors (Lipinski definition) is 1. The van der Waals surface area contributed by atoms with Crippen LogP contribution >= 0.6 is 0 Å². The van der Waals surface area contributed by atoms with Crippen LogP contribution in [0.2, 0.25) is 0 Å². The summed E-state index contributed by atoms with van der Waals surface area (Å²) in [4.78, 5) is 38.0. The zero-order valence-corrected chi connectivity index (χ0v) is 20.7. The van der Waals surface area contributed by atoms with Crippen molar-refractivity contribution in [2.75, 3.05) is 44.4 Å². The zero-order valence-electron chi connectivity index (χ0n) is 20.7.